The number of nitrogens with two attached hydrogens (primary N) is 1. The zero-order valence-corrected chi connectivity index (χ0v) is 13.2. The monoisotopic (exact) mass is 320 g/mol. The van der Waals surface area contributed by atoms with E-state index in [9.17, 15) is 14.4 Å². The Morgan fingerprint density at radius 2 is 2.09 bits per heavy atom. The Hall–Kier alpha value is -2.31. The van der Waals surface area contributed by atoms with Crippen LogP contribution in [0.5, 0.6) is 0 Å². The number of fused-ring (bicyclic) bond motifs is 1. The van der Waals surface area contributed by atoms with Gasteiger partial charge in [0.25, 0.3) is 0 Å². The molecule has 1 aromatic rings. The molecule has 0 saturated carbocycles. The Bertz CT molecular complexity index is 612. The van der Waals surface area contributed by atoms with Crippen molar-refractivity contribution in [2.24, 2.45) is 5.73 Å². The van der Waals surface area contributed by atoms with Gasteiger partial charge < -0.3 is 21.4 Å². The van der Waals surface area contributed by atoms with Gasteiger partial charge in [-0.25, -0.2) is 4.79 Å². The van der Waals surface area contributed by atoms with Gasteiger partial charge in [-0.3, -0.25) is 9.59 Å². The molecule has 7 nitrogen and oxygen atoms in total. The zero-order valence-electron chi connectivity index (χ0n) is 13.2. The average Bonchev–Trinajstić information content (AvgIpc) is 2.50. The minimum absolute atomic E-state index is 0.0142. The summed E-state index contributed by atoms with van der Waals surface area (Å²) >= 11 is 0. The molecule has 5 N–H and O–H groups in total. The number of nitrogens with one attached hydrogen (secondary N) is 3. The Morgan fingerprint density at radius 3 is 2.87 bits per heavy atom. The van der Waals surface area contributed by atoms with E-state index in [2.05, 4.69) is 15.6 Å². The maximum absolute atomic E-state index is 12.1. The van der Waals surface area contributed by atoms with Crippen LogP contribution in [-0.2, 0) is 11.2 Å². The molecular formula is C16H24N4O3. The first-order chi connectivity index (χ1) is 11.1. The normalized spacial score (nSPS) is 16.4. The van der Waals surface area contributed by atoms with Crippen LogP contribution in [0.3, 0.4) is 0 Å². The summed E-state index contributed by atoms with van der Waals surface area (Å²) < 4.78 is 0. The molecule has 1 aromatic heterocycles. The lowest BCUT2D eigenvalue weighted by molar-refractivity contribution is -0.122. The number of aromatic nitrogens is 1. The van der Waals surface area contributed by atoms with Gasteiger partial charge in [0, 0.05) is 24.7 Å². The molecule has 0 fully saturated rings. The third kappa shape index (κ3) is 5.43. The first-order valence-corrected chi connectivity index (χ1v) is 8.11. The number of hydrogen-bond acceptors (Lipinski definition) is 3. The van der Waals surface area contributed by atoms with Crippen molar-refractivity contribution in [1.29, 1.82) is 0 Å². The second-order valence-electron chi connectivity index (χ2n) is 5.87. The van der Waals surface area contributed by atoms with Gasteiger partial charge in [-0.15, -0.1) is 0 Å². The lowest BCUT2D eigenvalue weighted by Crippen LogP contribution is -2.32. The standard InChI is InChI=1S/C16H24N4O3/c17-16(23)18-10-3-1-2-7-14(21)19-12-5-4-6-13-11(12)8-9-15(22)20-13/h8-9,12H,1-7,10H2,(H,19,21)(H,20,22)(H3,17,18,23). The van der Waals surface area contributed by atoms with E-state index in [1.54, 1.807) is 0 Å². The van der Waals surface area contributed by atoms with Gasteiger partial charge in [0.15, 0.2) is 0 Å². The fraction of sp³-hybridized carbons (Fsp3) is 0.562. The molecule has 126 valence electrons. The average molecular weight is 320 g/mol. The summed E-state index contributed by atoms with van der Waals surface area (Å²) in [6.07, 6.45) is 5.61. The van der Waals surface area contributed by atoms with Crippen molar-refractivity contribution in [2.75, 3.05) is 6.54 Å². The summed E-state index contributed by atoms with van der Waals surface area (Å²) in [6.45, 7) is 0.542. The highest BCUT2D eigenvalue weighted by Crippen LogP contribution is 2.27. The Balaban J connectivity index is 1.74. The summed E-state index contributed by atoms with van der Waals surface area (Å²) in [7, 11) is 0. The molecule has 1 heterocycles. The van der Waals surface area contributed by atoms with Gasteiger partial charge in [-0.05, 0) is 43.7 Å². The van der Waals surface area contributed by atoms with Gasteiger partial charge in [0.1, 0.15) is 0 Å². The van der Waals surface area contributed by atoms with Crippen molar-refractivity contribution < 1.29 is 9.59 Å². The van der Waals surface area contributed by atoms with Gasteiger partial charge >= 0.3 is 6.03 Å². The molecule has 0 bridgehead atoms. The Morgan fingerprint density at radius 1 is 1.26 bits per heavy atom. The summed E-state index contributed by atoms with van der Waals surface area (Å²) in [5, 5.41) is 5.58. The quantitative estimate of drug-likeness (QED) is 0.563. The van der Waals surface area contributed by atoms with Crippen molar-refractivity contribution in [2.45, 2.75) is 51.0 Å². The molecule has 1 aliphatic carbocycles. The highest BCUT2D eigenvalue weighted by atomic mass is 16.2. The number of hydrogen-bond donors (Lipinski definition) is 4. The Kier molecular flexibility index (Phi) is 6.19. The maximum Gasteiger partial charge on any atom is 0.312 e. The van der Waals surface area contributed by atoms with Crippen LogP contribution >= 0.6 is 0 Å². The third-order valence-corrected chi connectivity index (χ3v) is 4.05. The maximum atomic E-state index is 12.1. The molecule has 1 atom stereocenters. The molecule has 1 aliphatic rings. The third-order valence-electron chi connectivity index (χ3n) is 4.05. The fourth-order valence-electron chi connectivity index (χ4n) is 2.92. The lowest BCUT2D eigenvalue weighted by Gasteiger charge is -2.25. The lowest BCUT2D eigenvalue weighted by atomic mass is 9.91. The second-order valence-corrected chi connectivity index (χ2v) is 5.87. The van der Waals surface area contributed by atoms with Crippen LogP contribution in [0.1, 0.15) is 55.8 Å². The summed E-state index contributed by atoms with van der Waals surface area (Å²) in [4.78, 5) is 36.8. The van der Waals surface area contributed by atoms with Crippen molar-refractivity contribution in [3.63, 3.8) is 0 Å². The molecule has 3 amide bonds. The van der Waals surface area contributed by atoms with E-state index < -0.39 is 6.03 Å². The van der Waals surface area contributed by atoms with E-state index in [1.807, 2.05) is 6.07 Å². The van der Waals surface area contributed by atoms with Gasteiger partial charge in [0.05, 0.1) is 6.04 Å². The molecule has 0 aliphatic heterocycles. The number of primary amides is 1. The van der Waals surface area contributed by atoms with Crippen LogP contribution in [0, 0.1) is 0 Å². The van der Waals surface area contributed by atoms with Crippen molar-refractivity contribution in [3.8, 4) is 0 Å². The van der Waals surface area contributed by atoms with E-state index in [4.69, 9.17) is 5.73 Å². The summed E-state index contributed by atoms with van der Waals surface area (Å²) in [5.74, 6) is 0.0249. The highest BCUT2D eigenvalue weighted by Gasteiger charge is 2.22. The fourth-order valence-corrected chi connectivity index (χ4v) is 2.92. The topological polar surface area (TPSA) is 117 Å². The van der Waals surface area contributed by atoms with E-state index >= 15 is 0 Å². The smallest absolute Gasteiger partial charge is 0.312 e. The summed E-state index contributed by atoms with van der Waals surface area (Å²) in [6, 6.07) is 2.79. The van der Waals surface area contributed by atoms with E-state index in [0.717, 1.165) is 49.8 Å². The molecule has 0 radical (unpaired) electrons. The number of carbonyl (C=O) groups excluding carboxylic acids is 2. The molecular weight excluding hydrogens is 296 g/mol. The molecule has 7 heteroatoms. The number of urea groups is 1. The number of aryl methyl sites for hydroxylation is 1. The van der Waals surface area contributed by atoms with Gasteiger partial charge in [-0.2, -0.15) is 0 Å². The van der Waals surface area contributed by atoms with Crippen LogP contribution in [0.2, 0.25) is 0 Å². The number of unbranched alkanes of at least 4 members (excludes halogenated alkanes) is 2. The van der Waals surface area contributed by atoms with Crippen LogP contribution in [0.4, 0.5) is 4.79 Å². The van der Waals surface area contributed by atoms with Crippen LogP contribution in [0.15, 0.2) is 16.9 Å². The minimum atomic E-state index is -0.517. The van der Waals surface area contributed by atoms with Crippen LogP contribution in [0.25, 0.3) is 0 Å². The van der Waals surface area contributed by atoms with Crippen LogP contribution in [-0.4, -0.2) is 23.5 Å². The van der Waals surface area contributed by atoms with Crippen molar-refractivity contribution in [1.82, 2.24) is 15.6 Å². The molecule has 0 spiro atoms. The van der Waals surface area contributed by atoms with Crippen molar-refractivity contribution >= 4 is 11.9 Å². The first kappa shape index (κ1) is 17.1. The minimum Gasteiger partial charge on any atom is -0.352 e. The SMILES string of the molecule is NC(=O)NCCCCCC(=O)NC1CCCc2[nH]c(=O)ccc21. The number of aromatic amines is 1. The van der Waals surface area contributed by atoms with Gasteiger partial charge in [-0.1, -0.05) is 6.42 Å². The predicted molar refractivity (Wildman–Crippen MR) is 86.9 cm³/mol. The molecule has 0 aromatic carbocycles. The van der Waals surface area contributed by atoms with Gasteiger partial charge in [0.2, 0.25) is 11.5 Å². The second kappa shape index (κ2) is 8.36. The number of amides is 3. The van der Waals surface area contributed by atoms with Crippen LogP contribution < -0.4 is 21.9 Å². The van der Waals surface area contributed by atoms with E-state index in [0.29, 0.717) is 13.0 Å². The van der Waals surface area contributed by atoms with Crippen molar-refractivity contribution in [3.05, 3.63) is 33.7 Å². The molecule has 1 unspecified atom stereocenters. The summed E-state index contributed by atoms with van der Waals surface area (Å²) in [5.41, 5.74) is 6.83. The number of H-pyrrole nitrogens is 1. The molecule has 0 saturated heterocycles. The Labute approximate surface area is 135 Å². The number of carbonyl (C=O) groups is 2. The highest BCUT2D eigenvalue weighted by molar-refractivity contribution is 5.76. The first-order valence-electron chi connectivity index (χ1n) is 8.11. The number of rotatable bonds is 7. The number of pyridine rings is 1. The largest absolute Gasteiger partial charge is 0.352 e. The van der Waals surface area contributed by atoms with E-state index in [1.165, 1.54) is 6.07 Å². The molecule has 2 rings (SSSR count). The van der Waals surface area contributed by atoms with E-state index in [-0.39, 0.29) is 17.5 Å². The predicted octanol–water partition coefficient (Wildman–Crippen LogP) is 1.10. The molecule has 23 heavy (non-hydrogen) atoms. The zero-order chi connectivity index (χ0) is 16.7.